The number of rotatable bonds is 9. The average Bonchev–Trinajstić information content (AvgIpc) is 3.71. The number of carbonyl (C=O) groups excluding carboxylic acids is 1. The second-order valence-electron chi connectivity index (χ2n) is 8.88. The molecule has 2 aliphatic carbocycles. The van der Waals surface area contributed by atoms with E-state index in [0.29, 0.717) is 40.1 Å². The van der Waals surface area contributed by atoms with Gasteiger partial charge in [0, 0.05) is 28.9 Å². The molecule has 2 aromatic heterocycles. The van der Waals surface area contributed by atoms with E-state index in [0.717, 1.165) is 36.6 Å². The summed E-state index contributed by atoms with van der Waals surface area (Å²) in [6.07, 6.45) is 5.83. The maximum atomic E-state index is 13.9. The van der Waals surface area contributed by atoms with Crippen LogP contribution < -0.4 is 26.4 Å². The van der Waals surface area contributed by atoms with Gasteiger partial charge in [-0.15, -0.1) is 10.2 Å². The topological polar surface area (TPSA) is 132 Å². The van der Waals surface area contributed by atoms with Crippen molar-refractivity contribution in [3.05, 3.63) is 53.9 Å². The molecule has 0 saturated heterocycles. The van der Waals surface area contributed by atoms with Crippen molar-refractivity contribution in [1.82, 2.24) is 15.2 Å². The van der Waals surface area contributed by atoms with Crippen molar-refractivity contribution in [2.75, 3.05) is 17.7 Å². The largest absolute Gasteiger partial charge is 0.495 e. The predicted molar refractivity (Wildman–Crippen MR) is 132 cm³/mol. The number of anilines is 4. The molecule has 0 radical (unpaired) electrons. The number of pyridine rings is 1. The van der Waals surface area contributed by atoms with Crippen LogP contribution in [0.1, 0.15) is 41.7 Å². The van der Waals surface area contributed by atoms with Crippen LogP contribution in [-0.4, -0.2) is 39.5 Å². The van der Waals surface area contributed by atoms with Crippen molar-refractivity contribution < 1.29 is 14.1 Å². The molecule has 2 heterocycles. The second kappa shape index (κ2) is 8.72. The lowest BCUT2D eigenvalue weighted by Gasteiger charge is -2.20. The number of hydrogen-bond acceptors (Lipinski definition) is 8. The Balaban J connectivity index is 1.46. The first-order valence-corrected chi connectivity index (χ1v) is 13.1. The van der Waals surface area contributed by atoms with Crippen LogP contribution in [0.15, 0.2) is 42.6 Å². The molecule has 2 aliphatic rings. The van der Waals surface area contributed by atoms with Crippen molar-refractivity contribution in [1.29, 1.82) is 0 Å². The molecule has 5 rings (SSSR count). The third kappa shape index (κ3) is 4.35. The number of hydrogen-bond donors (Lipinski definition) is 3. The Labute approximate surface area is 197 Å². The Morgan fingerprint density at radius 1 is 1.00 bits per heavy atom. The summed E-state index contributed by atoms with van der Waals surface area (Å²) in [5.74, 6) is 0.831. The maximum absolute atomic E-state index is 13.9. The van der Waals surface area contributed by atoms with Gasteiger partial charge in [-0.25, -0.2) is 4.98 Å². The highest BCUT2D eigenvalue weighted by Gasteiger charge is 2.51. The summed E-state index contributed by atoms with van der Waals surface area (Å²) in [6.45, 7) is 1.96. The monoisotopic (exact) mass is 478 g/mol. The predicted octanol–water partition coefficient (Wildman–Crippen LogP) is 4.09. The zero-order valence-corrected chi connectivity index (χ0v) is 20.0. The van der Waals surface area contributed by atoms with Crippen LogP contribution >= 0.6 is 7.14 Å². The van der Waals surface area contributed by atoms with E-state index >= 15 is 0 Å². The van der Waals surface area contributed by atoms with Gasteiger partial charge in [0.2, 0.25) is 0 Å². The van der Waals surface area contributed by atoms with Gasteiger partial charge in [-0.2, -0.15) is 0 Å². The average molecular weight is 478 g/mol. The highest BCUT2D eigenvalue weighted by atomic mass is 31.2. The van der Waals surface area contributed by atoms with Crippen LogP contribution in [0.3, 0.4) is 0 Å². The van der Waals surface area contributed by atoms with E-state index in [9.17, 15) is 9.36 Å². The molecule has 0 aliphatic heterocycles. The SMILES string of the molecule is COc1cc(P(=O)(C2CC2)C2CC2)ccc1Nc1cc(Nc2cc(C)ccn2)nnc1C(N)=O. The number of aromatic nitrogens is 3. The fraction of sp³-hybridized carbons (Fsp3) is 0.333. The van der Waals surface area contributed by atoms with Gasteiger partial charge in [-0.1, -0.05) is 0 Å². The number of benzene rings is 1. The summed E-state index contributed by atoms with van der Waals surface area (Å²) in [5.41, 5.74) is 8.17. The summed E-state index contributed by atoms with van der Waals surface area (Å²) in [7, 11) is -0.864. The second-order valence-corrected chi connectivity index (χ2v) is 12.3. The summed E-state index contributed by atoms with van der Waals surface area (Å²) < 4.78 is 19.5. The van der Waals surface area contributed by atoms with Gasteiger partial charge in [0.05, 0.1) is 18.5 Å². The summed E-state index contributed by atoms with van der Waals surface area (Å²) in [4.78, 5) is 16.3. The number of ether oxygens (including phenoxy) is 1. The van der Waals surface area contributed by atoms with Gasteiger partial charge in [0.25, 0.3) is 5.91 Å². The Hall–Kier alpha value is -3.45. The Kier molecular flexibility index (Phi) is 5.73. The number of aryl methyl sites for hydroxylation is 1. The normalized spacial score (nSPS) is 15.6. The minimum absolute atomic E-state index is 0.00415. The van der Waals surface area contributed by atoms with Crippen LogP contribution in [0.4, 0.5) is 23.0 Å². The van der Waals surface area contributed by atoms with Crippen LogP contribution in [-0.2, 0) is 4.57 Å². The highest BCUT2D eigenvalue weighted by molar-refractivity contribution is 7.73. The summed E-state index contributed by atoms with van der Waals surface area (Å²) in [6, 6.07) is 11.0. The van der Waals surface area contributed by atoms with Crippen molar-refractivity contribution >= 4 is 41.4 Å². The molecule has 1 aromatic carbocycles. The maximum Gasteiger partial charge on any atom is 0.271 e. The molecule has 1 amide bonds. The number of amides is 1. The minimum Gasteiger partial charge on any atom is -0.495 e. The highest BCUT2D eigenvalue weighted by Crippen LogP contribution is 2.69. The van der Waals surface area contributed by atoms with Gasteiger partial charge < -0.3 is 25.7 Å². The molecule has 2 saturated carbocycles. The fourth-order valence-electron chi connectivity index (χ4n) is 4.25. The molecule has 34 heavy (non-hydrogen) atoms. The van der Waals surface area contributed by atoms with E-state index in [1.165, 1.54) is 0 Å². The summed E-state index contributed by atoms with van der Waals surface area (Å²) in [5, 5.41) is 15.2. The standard InChI is InChI=1S/C24H27N6O3P/c1-14-9-10-26-21(11-14)28-22-13-19(23(24(25)31)30-29-22)27-18-8-7-17(12-20(18)33-2)34(32,15-3-4-15)16-5-6-16/h7-13,15-16H,3-6H2,1-2H3,(H2,25,31)(H2,26,27,28,29). The molecule has 2 fully saturated rings. The molecule has 4 N–H and O–H groups in total. The van der Waals surface area contributed by atoms with E-state index in [2.05, 4.69) is 25.8 Å². The molecule has 0 spiro atoms. The van der Waals surface area contributed by atoms with Crippen LogP contribution in [0, 0.1) is 6.92 Å². The Morgan fingerprint density at radius 3 is 2.35 bits per heavy atom. The number of nitrogens with one attached hydrogen (secondary N) is 2. The summed E-state index contributed by atoms with van der Waals surface area (Å²) >= 11 is 0. The molecule has 176 valence electrons. The third-order valence-electron chi connectivity index (χ3n) is 6.24. The number of methoxy groups -OCH3 is 1. The van der Waals surface area contributed by atoms with Crippen molar-refractivity contribution in [2.45, 2.75) is 43.9 Å². The van der Waals surface area contributed by atoms with Crippen LogP contribution in [0.5, 0.6) is 5.75 Å². The quantitative estimate of drug-likeness (QED) is 0.392. The molecular weight excluding hydrogens is 451 g/mol. The van der Waals surface area contributed by atoms with Gasteiger partial charge in [-0.3, -0.25) is 4.79 Å². The number of primary amides is 1. The number of carbonyl (C=O) groups is 1. The van der Waals surface area contributed by atoms with E-state index < -0.39 is 13.0 Å². The fourth-order valence-corrected chi connectivity index (χ4v) is 8.15. The van der Waals surface area contributed by atoms with Gasteiger partial charge in [-0.05, 0) is 68.5 Å². The first-order valence-electron chi connectivity index (χ1n) is 11.3. The lowest BCUT2D eigenvalue weighted by Crippen LogP contribution is -2.17. The number of nitrogens with zero attached hydrogens (tertiary/aromatic N) is 3. The van der Waals surface area contributed by atoms with Gasteiger partial charge in [0.1, 0.15) is 18.7 Å². The lowest BCUT2D eigenvalue weighted by molar-refractivity contribution is 0.0995. The smallest absolute Gasteiger partial charge is 0.271 e. The van der Waals surface area contributed by atoms with E-state index in [1.807, 2.05) is 37.3 Å². The lowest BCUT2D eigenvalue weighted by atomic mass is 10.2. The van der Waals surface area contributed by atoms with Crippen molar-refractivity contribution in [3.8, 4) is 5.75 Å². The van der Waals surface area contributed by atoms with E-state index in [1.54, 1.807) is 19.4 Å². The molecule has 0 unspecified atom stereocenters. The molecule has 3 aromatic rings. The molecule has 0 bridgehead atoms. The van der Waals surface area contributed by atoms with E-state index in [4.69, 9.17) is 10.5 Å². The van der Waals surface area contributed by atoms with Crippen molar-refractivity contribution in [2.24, 2.45) is 5.73 Å². The first kappa shape index (κ1) is 22.3. The Morgan fingerprint density at radius 2 is 1.74 bits per heavy atom. The minimum atomic E-state index is -2.43. The van der Waals surface area contributed by atoms with Crippen molar-refractivity contribution in [3.63, 3.8) is 0 Å². The zero-order chi connectivity index (χ0) is 23.9. The molecule has 9 nitrogen and oxygen atoms in total. The van der Waals surface area contributed by atoms with Gasteiger partial charge in [0.15, 0.2) is 11.5 Å². The number of nitrogens with two attached hydrogens (primary N) is 1. The molecular formula is C24H27N6O3P. The third-order valence-corrected chi connectivity index (χ3v) is 10.5. The van der Waals surface area contributed by atoms with Crippen LogP contribution in [0.2, 0.25) is 0 Å². The zero-order valence-electron chi connectivity index (χ0n) is 19.1. The molecule has 10 heteroatoms. The Bertz CT molecular complexity index is 1290. The molecule has 0 atom stereocenters. The first-order chi connectivity index (χ1) is 16.4. The van der Waals surface area contributed by atoms with Gasteiger partial charge >= 0.3 is 0 Å². The van der Waals surface area contributed by atoms with E-state index in [-0.39, 0.29) is 5.69 Å². The van der Waals surface area contributed by atoms with Crippen LogP contribution in [0.25, 0.3) is 0 Å².